The van der Waals surface area contributed by atoms with Gasteiger partial charge >= 0.3 is 0 Å². The molecule has 10 heteroatoms. The van der Waals surface area contributed by atoms with Crippen molar-refractivity contribution < 1.29 is 14.0 Å². The van der Waals surface area contributed by atoms with Gasteiger partial charge in [-0.3, -0.25) is 19.0 Å². The molecule has 142 valence electrons. The number of anilines is 1. The Morgan fingerprint density at radius 2 is 2.19 bits per heavy atom. The van der Waals surface area contributed by atoms with Gasteiger partial charge in [-0.2, -0.15) is 10.2 Å². The second-order valence-electron chi connectivity index (χ2n) is 5.93. The van der Waals surface area contributed by atoms with E-state index in [1.54, 1.807) is 36.3 Å². The third-order valence-corrected chi connectivity index (χ3v) is 4.97. The Balaban J connectivity index is 1.60. The molecule has 3 heterocycles. The molecule has 0 saturated carbocycles. The zero-order valence-corrected chi connectivity index (χ0v) is 17.1. The summed E-state index contributed by atoms with van der Waals surface area (Å²) < 4.78 is 9.50. The maximum atomic E-state index is 12.4. The van der Waals surface area contributed by atoms with E-state index >= 15 is 0 Å². The topological polar surface area (TPSA) is 107 Å². The summed E-state index contributed by atoms with van der Waals surface area (Å²) in [5, 5.41) is 13.8. The summed E-state index contributed by atoms with van der Waals surface area (Å²) in [6.07, 6.45) is 5.13. The van der Waals surface area contributed by atoms with Crippen LogP contribution in [-0.2, 0) is 24.9 Å². The Hall–Kier alpha value is -2.63. The lowest BCUT2D eigenvalue weighted by Crippen LogP contribution is -2.25. The summed E-state index contributed by atoms with van der Waals surface area (Å²) in [7, 11) is 1.69. The standard InChI is InChI=1S/C17H19IN6O3/c1-11-13(18)9-20-24(11)6-5-15(25)21-14-10-23(2)22-16(14)17(26)19-8-12-4-3-7-27-12/h3-4,7,9-10H,5-6,8H2,1-2H3,(H,19,26)(H,21,25). The minimum absolute atomic E-state index is 0.155. The van der Waals surface area contributed by atoms with Gasteiger partial charge in [-0.15, -0.1) is 0 Å². The number of aryl methyl sites for hydroxylation is 2. The van der Waals surface area contributed by atoms with Crippen molar-refractivity contribution in [2.45, 2.75) is 26.4 Å². The van der Waals surface area contributed by atoms with Gasteiger partial charge in [0.25, 0.3) is 5.91 Å². The quantitative estimate of drug-likeness (QED) is 0.502. The van der Waals surface area contributed by atoms with E-state index in [0.29, 0.717) is 18.0 Å². The number of hydrogen-bond acceptors (Lipinski definition) is 5. The summed E-state index contributed by atoms with van der Waals surface area (Å²) in [4.78, 5) is 24.7. The highest BCUT2D eigenvalue weighted by molar-refractivity contribution is 14.1. The average Bonchev–Trinajstić information content (AvgIpc) is 3.34. The van der Waals surface area contributed by atoms with E-state index in [0.717, 1.165) is 9.26 Å². The van der Waals surface area contributed by atoms with E-state index in [1.165, 1.54) is 10.9 Å². The van der Waals surface area contributed by atoms with Crippen LogP contribution in [0.4, 0.5) is 5.69 Å². The van der Waals surface area contributed by atoms with Crippen LogP contribution in [0.2, 0.25) is 0 Å². The van der Waals surface area contributed by atoms with Crippen molar-refractivity contribution in [1.29, 1.82) is 0 Å². The van der Waals surface area contributed by atoms with Crippen LogP contribution in [0.25, 0.3) is 0 Å². The number of amides is 2. The number of nitrogens with one attached hydrogen (secondary N) is 2. The van der Waals surface area contributed by atoms with Gasteiger partial charge in [0.1, 0.15) is 5.76 Å². The molecule has 3 aromatic heterocycles. The monoisotopic (exact) mass is 482 g/mol. The van der Waals surface area contributed by atoms with Crippen molar-refractivity contribution >= 4 is 40.1 Å². The summed E-state index contributed by atoms with van der Waals surface area (Å²) in [6, 6.07) is 3.51. The fraction of sp³-hybridized carbons (Fsp3) is 0.294. The van der Waals surface area contributed by atoms with Crippen LogP contribution in [0.15, 0.2) is 35.2 Å². The lowest BCUT2D eigenvalue weighted by Gasteiger charge is -2.07. The molecular weight excluding hydrogens is 463 g/mol. The fourth-order valence-electron chi connectivity index (χ4n) is 2.48. The first-order valence-electron chi connectivity index (χ1n) is 8.26. The van der Waals surface area contributed by atoms with Crippen LogP contribution in [-0.4, -0.2) is 31.4 Å². The highest BCUT2D eigenvalue weighted by Crippen LogP contribution is 2.15. The first kappa shape index (κ1) is 19.1. The molecule has 0 atom stereocenters. The first-order valence-corrected chi connectivity index (χ1v) is 9.34. The predicted octanol–water partition coefficient (Wildman–Crippen LogP) is 2.08. The Kier molecular flexibility index (Phi) is 5.94. The molecule has 0 saturated heterocycles. The average molecular weight is 482 g/mol. The van der Waals surface area contributed by atoms with Crippen LogP contribution in [0.5, 0.6) is 0 Å². The smallest absolute Gasteiger partial charge is 0.274 e. The molecule has 0 spiro atoms. The number of halogens is 1. The first-order chi connectivity index (χ1) is 12.9. The van der Waals surface area contributed by atoms with E-state index in [9.17, 15) is 9.59 Å². The molecule has 3 aromatic rings. The number of rotatable bonds is 7. The zero-order valence-electron chi connectivity index (χ0n) is 14.9. The Morgan fingerprint density at radius 3 is 2.85 bits per heavy atom. The molecule has 27 heavy (non-hydrogen) atoms. The molecule has 0 fully saturated rings. The molecule has 0 aromatic carbocycles. The molecule has 9 nitrogen and oxygen atoms in total. The summed E-state index contributed by atoms with van der Waals surface area (Å²) >= 11 is 2.20. The number of carbonyl (C=O) groups excluding carboxylic acids is 2. The largest absolute Gasteiger partial charge is 0.467 e. The van der Waals surface area contributed by atoms with Crippen molar-refractivity contribution in [2.75, 3.05) is 5.32 Å². The van der Waals surface area contributed by atoms with Gasteiger partial charge in [-0.05, 0) is 41.6 Å². The fourth-order valence-corrected chi connectivity index (χ4v) is 2.88. The van der Waals surface area contributed by atoms with Crippen LogP contribution >= 0.6 is 22.6 Å². The Bertz CT molecular complexity index is 944. The second kappa shape index (κ2) is 8.37. The van der Waals surface area contributed by atoms with Crippen molar-refractivity contribution in [3.05, 3.63) is 51.5 Å². The van der Waals surface area contributed by atoms with Gasteiger partial charge in [-0.25, -0.2) is 0 Å². The van der Waals surface area contributed by atoms with E-state index in [-0.39, 0.29) is 30.5 Å². The van der Waals surface area contributed by atoms with Gasteiger partial charge < -0.3 is 15.1 Å². The summed E-state index contributed by atoms with van der Waals surface area (Å²) in [6.45, 7) is 2.66. The molecule has 2 N–H and O–H groups in total. The number of furan rings is 1. The van der Waals surface area contributed by atoms with Crippen LogP contribution in [0, 0.1) is 10.5 Å². The lowest BCUT2D eigenvalue weighted by atomic mass is 10.3. The van der Waals surface area contributed by atoms with Crippen molar-refractivity contribution in [1.82, 2.24) is 24.9 Å². The lowest BCUT2D eigenvalue weighted by molar-refractivity contribution is -0.116. The Labute approximate surface area is 169 Å². The van der Waals surface area contributed by atoms with Crippen LogP contribution in [0.3, 0.4) is 0 Å². The maximum Gasteiger partial charge on any atom is 0.274 e. The van der Waals surface area contributed by atoms with Crippen LogP contribution in [0.1, 0.15) is 28.4 Å². The third kappa shape index (κ3) is 4.76. The molecule has 3 rings (SSSR count). The van der Waals surface area contributed by atoms with E-state index in [1.807, 2.05) is 6.92 Å². The maximum absolute atomic E-state index is 12.4. The van der Waals surface area contributed by atoms with Crippen molar-refractivity contribution in [2.24, 2.45) is 7.05 Å². The predicted molar refractivity (Wildman–Crippen MR) is 106 cm³/mol. The van der Waals surface area contributed by atoms with Crippen LogP contribution < -0.4 is 10.6 Å². The summed E-state index contributed by atoms with van der Waals surface area (Å²) in [5.41, 5.74) is 1.54. The minimum atomic E-state index is -0.389. The molecule has 0 aliphatic rings. The molecule has 0 aliphatic carbocycles. The number of hydrogen-bond donors (Lipinski definition) is 2. The summed E-state index contributed by atoms with van der Waals surface area (Å²) in [5.74, 6) is 0.0295. The molecule has 2 amide bonds. The van der Waals surface area contributed by atoms with Gasteiger partial charge in [0.2, 0.25) is 5.91 Å². The van der Waals surface area contributed by atoms with E-state index in [4.69, 9.17) is 4.42 Å². The number of aromatic nitrogens is 4. The molecule has 0 radical (unpaired) electrons. The van der Waals surface area contributed by atoms with Gasteiger partial charge in [0.05, 0.1) is 34.8 Å². The second-order valence-corrected chi connectivity index (χ2v) is 7.09. The minimum Gasteiger partial charge on any atom is -0.467 e. The third-order valence-electron chi connectivity index (χ3n) is 3.92. The normalized spacial score (nSPS) is 10.8. The highest BCUT2D eigenvalue weighted by Gasteiger charge is 2.18. The Morgan fingerprint density at radius 1 is 1.37 bits per heavy atom. The van der Waals surface area contributed by atoms with Crippen molar-refractivity contribution in [3.63, 3.8) is 0 Å². The van der Waals surface area contributed by atoms with Gasteiger partial charge in [0, 0.05) is 25.4 Å². The molecule has 0 aliphatic heterocycles. The molecular formula is C17H19IN6O3. The van der Waals surface area contributed by atoms with E-state index in [2.05, 4.69) is 43.4 Å². The number of nitrogens with zero attached hydrogens (tertiary/aromatic N) is 4. The highest BCUT2D eigenvalue weighted by atomic mass is 127. The number of carbonyl (C=O) groups is 2. The van der Waals surface area contributed by atoms with Crippen molar-refractivity contribution in [3.8, 4) is 0 Å². The van der Waals surface area contributed by atoms with E-state index < -0.39 is 0 Å². The molecule has 0 unspecified atom stereocenters. The van der Waals surface area contributed by atoms with Gasteiger partial charge in [0.15, 0.2) is 5.69 Å². The molecule has 0 bridgehead atoms. The van der Waals surface area contributed by atoms with Gasteiger partial charge in [-0.1, -0.05) is 0 Å². The zero-order chi connectivity index (χ0) is 19.4. The SMILES string of the molecule is Cc1c(I)cnn1CCC(=O)Nc1cn(C)nc1C(=O)NCc1ccco1.